The third kappa shape index (κ3) is 5.21. The number of carbonyl (C=O) groups excluding carboxylic acids is 2. The normalized spacial score (nSPS) is 13.0. The molecule has 5 nitrogen and oxygen atoms in total. The van der Waals surface area contributed by atoms with Crippen LogP contribution in [0.4, 0.5) is 0 Å². The minimum atomic E-state index is -0.343. The monoisotopic (exact) mass is 311 g/mol. The average molecular weight is 311 g/mol. The van der Waals surface area contributed by atoms with Gasteiger partial charge in [0, 0.05) is 13.1 Å². The number of nitrogens with zero attached hydrogens (tertiary/aromatic N) is 1. The summed E-state index contributed by atoms with van der Waals surface area (Å²) in [6.07, 6.45) is 1.88. The predicted molar refractivity (Wildman–Crippen MR) is 88.4 cm³/mol. The SMILES string of the molecule is CC(=O)NC(CC(=O)NC(C)c1ccccn1)c1ccccc1. The number of benzene rings is 1. The first kappa shape index (κ1) is 16.7. The maximum Gasteiger partial charge on any atom is 0.222 e. The smallest absolute Gasteiger partial charge is 0.222 e. The van der Waals surface area contributed by atoms with Gasteiger partial charge in [-0.15, -0.1) is 0 Å². The Balaban J connectivity index is 2.01. The fourth-order valence-corrected chi connectivity index (χ4v) is 2.37. The van der Waals surface area contributed by atoms with Gasteiger partial charge in [0.05, 0.1) is 24.2 Å². The number of nitrogens with one attached hydrogen (secondary N) is 2. The number of pyridine rings is 1. The molecule has 2 N–H and O–H groups in total. The van der Waals surface area contributed by atoms with Gasteiger partial charge in [0.1, 0.15) is 0 Å². The lowest BCUT2D eigenvalue weighted by Crippen LogP contribution is -2.33. The van der Waals surface area contributed by atoms with Crippen LogP contribution in [0.3, 0.4) is 0 Å². The Kier molecular flexibility index (Phi) is 5.86. The summed E-state index contributed by atoms with van der Waals surface area (Å²) in [5.41, 5.74) is 1.71. The Hall–Kier alpha value is -2.69. The second kappa shape index (κ2) is 8.08. The Morgan fingerprint density at radius 2 is 1.74 bits per heavy atom. The summed E-state index contributed by atoms with van der Waals surface area (Å²) < 4.78 is 0. The number of aromatic nitrogens is 1. The largest absolute Gasteiger partial charge is 0.349 e. The molecular formula is C18H21N3O2. The van der Waals surface area contributed by atoms with Gasteiger partial charge in [-0.05, 0) is 24.6 Å². The van der Waals surface area contributed by atoms with Gasteiger partial charge in [0.25, 0.3) is 0 Å². The first-order valence-corrected chi connectivity index (χ1v) is 7.58. The van der Waals surface area contributed by atoms with Crippen LogP contribution in [0.2, 0.25) is 0 Å². The zero-order valence-corrected chi connectivity index (χ0v) is 13.3. The van der Waals surface area contributed by atoms with Crippen molar-refractivity contribution in [3.63, 3.8) is 0 Å². The lowest BCUT2D eigenvalue weighted by Gasteiger charge is -2.20. The molecule has 2 unspecified atom stereocenters. The van der Waals surface area contributed by atoms with Crippen LogP contribution in [-0.2, 0) is 9.59 Å². The van der Waals surface area contributed by atoms with Crippen LogP contribution in [0, 0.1) is 0 Å². The van der Waals surface area contributed by atoms with Crippen LogP contribution < -0.4 is 10.6 Å². The first-order valence-electron chi connectivity index (χ1n) is 7.58. The van der Waals surface area contributed by atoms with Crippen molar-refractivity contribution in [2.24, 2.45) is 0 Å². The standard InChI is InChI=1S/C18H21N3O2/c1-13(16-10-6-7-11-19-16)20-18(23)12-17(21-14(2)22)15-8-4-3-5-9-15/h3-11,13,17H,12H2,1-2H3,(H,20,23)(H,21,22). The number of amides is 2. The maximum atomic E-state index is 12.3. The fraction of sp³-hybridized carbons (Fsp3) is 0.278. The summed E-state index contributed by atoms with van der Waals surface area (Å²) in [5, 5.41) is 5.74. The molecule has 0 radical (unpaired) electrons. The van der Waals surface area contributed by atoms with E-state index in [1.165, 1.54) is 6.92 Å². The van der Waals surface area contributed by atoms with Gasteiger partial charge in [-0.3, -0.25) is 14.6 Å². The summed E-state index contributed by atoms with van der Waals surface area (Å²) in [5.74, 6) is -0.296. The van der Waals surface area contributed by atoms with Gasteiger partial charge in [0.15, 0.2) is 0 Å². The average Bonchev–Trinajstić information content (AvgIpc) is 2.55. The summed E-state index contributed by atoms with van der Waals surface area (Å²) in [6.45, 7) is 3.33. The molecule has 23 heavy (non-hydrogen) atoms. The third-order valence-electron chi connectivity index (χ3n) is 3.48. The first-order chi connectivity index (χ1) is 11.1. The van der Waals surface area contributed by atoms with E-state index in [0.717, 1.165) is 11.3 Å². The Morgan fingerprint density at radius 3 is 2.35 bits per heavy atom. The molecule has 0 aliphatic carbocycles. The van der Waals surface area contributed by atoms with Crippen molar-refractivity contribution in [1.29, 1.82) is 0 Å². The molecular weight excluding hydrogens is 290 g/mol. The van der Waals surface area contributed by atoms with E-state index in [0.29, 0.717) is 0 Å². The predicted octanol–water partition coefficient (Wildman–Crippen LogP) is 2.53. The van der Waals surface area contributed by atoms with Crippen LogP contribution in [0.5, 0.6) is 0 Å². The molecule has 0 saturated carbocycles. The molecule has 2 atom stereocenters. The molecule has 120 valence electrons. The van der Waals surface area contributed by atoms with Crippen LogP contribution >= 0.6 is 0 Å². The van der Waals surface area contributed by atoms with Gasteiger partial charge in [-0.25, -0.2) is 0 Å². The van der Waals surface area contributed by atoms with Gasteiger partial charge < -0.3 is 10.6 Å². The van der Waals surface area contributed by atoms with Crippen molar-refractivity contribution in [1.82, 2.24) is 15.6 Å². The quantitative estimate of drug-likeness (QED) is 0.861. The van der Waals surface area contributed by atoms with Crippen LogP contribution in [0.15, 0.2) is 54.7 Å². The molecule has 5 heteroatoms. The van der Waals surface area contributed by atoms with E-state index in [1.54, 1.807) is 6.20 Å². The fourth-order valence-electron chi connectivity index (χ4n) is 2.37. The van der Waals surface area contributed by atoms with E-state index in [4.69, 9.17) is 0 Å². The number of rotatable bonds is 6. The van der Waals surface area contributed by atoms with Gasteiger partial charge in [0.2, 0.25) is 11.8 Å². The Bertz CT molecular complexity index is 644. The minimum absolute atomic E-state index is 0.134. The zero-order valence-electron chi connectivity index (χ0n) is 13.3. The summed E-state index contributed by atoms with van der Waals surface area (Å²) in [7, 11) is 0. The topological polar surface area (TPSA) is 71.1 Å². The van der Waals surface area contributed by atoms with Gasteiger partial charge in [-0.1, -0.05) is 36.4 Å². The van der Waals surface area contributed by atoms with Crippen molar-refractivity contribution in [3.05, 3.63) is 66.0 Å². The highest BCUT2D eigenvalue weighted by molar-refractivity contribution is 5.79. The summed E-state index contributed by atoms with van der Waals surface area (Å²) >= 11 is 0. The summed E-state index contributed by atoms with van der Waals surface area (Å²) in [6, 6.07) is 14.5. The van der Waals surface area contributed by atoms with Crippen molar-refractivity contribution in [2.45, 2.75) is 32.4 Å². The number of carbonyl (C=O) groups is 2. The highest BCUT2D eigenvalue weighted by Crippen LogP contribution is 2.17. The van der Waals surface area contributed by atoms with E-state index in [9.17, 15) is 9.59 Å². The second-order valence-corrected chi connectivity index (χ2v) is 5.41. The molecule has 1 heterocycles. The number of hydrogen-bond donors (Lipinski definition) is 2. The third-order valence-corrected chi connectivity index (χ3v) is 3.48. The van der Waals surface area contributed by atoms with Crippen LogP contribution in [0.25, 0.3) is 0 Å². The zero-order chi connectivity index (χ0) is 16.7. The Morgan fingerprint density at radius 1 is 1.04 bits per heavy atom. The highest BCUT2D eigenvalue weighted by Gasteiger charge is 2.18. The van der Waals surface area contributed by atoms with Crippen LogP contribution in [0.1, 0.15) is 43.6 Å². The molecule has 0 bridgehead atoms. The van der Waals surface area contributed by atoms with Crippen LogP contribution in [-0.4, -0.2) is 16.8 Å². The Labute approximate surface area is 136 Å². The van der Waals surface area contributed by atoms with Crippen molar-refractivity contribution < 1.29 is 9.59 Å². The van der Waals surface area contributed by atoms with E-state index in [1.807, 2.05) is 55.5 Å². The van der Waals surface area contributed by atoms with E-state index < -0.39 is 0 Å². The molecule has 2 rings (SSSR count). The second-order valence-electron chi connectivity index (χ2n) is 5.41. The van der Waals surface area contributed by atoms with Crippen molar-refractivity contribution in [2.75, 3.05) is 0 Å². The molecule has 0 aliphatic heterocycles. The molecule has 1 aromatic heterocycles. The minimum Gasteiger partial charge on any atom is -0.349 e. The van der Waals surface area contributed by atoms with Gasteiger partial charge >= 0.3 is 0 Å². The molecule has 1 aromatic carbocycles. The van der Waals surface area contributed by atoms with Gasteiger partial charge in [-0.2, -0.15) is 0 Å². The maximum absolute atomic E-state index is 12.3. The molecule has 0 fully saturated rings. The molecule has 2 amide bonds. The molecule has 2 aromatic rings. The lowest BCUT2D eigenvalue weighted by atomic mass is 10.0. The van der Waals surface area contributed by atoms with E-state index in [2.05, 4.69) is 15.6 Å². The lowest BCUT2D eigenvalue weighted by molar-refractivity contribution is -0.123. The molecule has 0 spiro atoms. The molecule has 0 aliphatic rings. The van der Waals surface area contributed by atoms with E-state index in [-0.39, 0.29) is 30.3 Å². The van der Waals surface area contributed by atoms with Crippen molar-refractivity contribution in [3.8, 4) is 0 Å². The summed E-state index contributed by atoms with van der Waals surface area (Å²) in [4.78, 5) is 27.9. The molecule has 0 saturated heterocycles. The van der Waals surface area contributed by atoms with E-state index >= 15 is 0 Å². The highest BCUT2D eigenvalue weighted by atomic mass is 16.2. The number of hydrogen-bond acceptors (Lipinski definition) is 3. The van der Waals surface area contributed by atoms with Crippen molar-refractivity contribution >= 4 is 11.8 Å².